The lowest BCUT2D eigenvalue weighted by Gasteiger charge is -2.12. The van der Waals surface area contributed by atoms with E-state index in [4.69, 9.17) is 18.1 Å². The molecule has 0 unspecified atom stereocenters. The lowest BCUT2D eigenvalue weighted by atomic mass is 10.1. The zero-order valence-corrected chi connectivity index (χ0v) is 15.1. The standard InChI is InChI=1S/C18H16O7S/c1-22-15-6-4-5-13(18(15)23-2)17-10-14(19)12-8-7-11(9-16(12)24-17)25-26(3,20)21/h4-10H,1-3H3. The molecular formula is C18H16O7S. The molecule has 0 aliphatic heterocycles. The van der Waals surface area contributed by atoms with Gasteiger partial charge in [-0.15, -0.1) is 0 Å². The van der Waals surface area contributed by atoms with Gasteiger partial charge in [0.05, 0.1) is 31.4 Å². The number of rotatable bonds is 5. The van der Waals surface area contributed by atoms with Crippen LogP contribution < -0.4 is 19.1 Å². The Hall–Kier alpha value is -3.00. The first-order chi connectivity index (χ1) is 12.3. The Morgan fingerprint density at radius 3 is 2.42 bits per heavy atom. The minimum atomic E-state index is -3.69. The van der Waals surface area contributed by atoms with E-state index in [1.165, 1.54) is 38.5 Å². The second-order valence-electron chi connectivity index (χ2n) is 5.46. The fourth-order valence-electron chi connectivity index (χ4n) is 2.58. The third kappa shape index (κ3) is 3.50. The van der Waals surface area contributed by atoms with Crippen LogP contribution in [0.2, 0.25) is 0 Å². The maximum absolute atomic E-state index is 12.4. The molecule has 0 atom stereocenters. The van der Waals surface area contributed by atoms with Gasteiger partial charge in [0, 0.05) is 12.1 Å². The molecule has 0 fully saturated rings. The van der Waals surface area contributed by atoms with Gasteiger partial charge in [0.1, 0.15) is 17.1 Å². The molecule has 3 aromatic rings. The molecule has 26 heavy (non-hydrogen) atoms. The van der Waals surface area contributed by atoms with E-state index >= 15 is 0 Å². The van der Waals surface area contributed by atoms with Gasteiger partial charge in [0.15, 0.2) is 16.9 Å². The van der Waals surface area contributed by atoms with Gasteiger partial charge in [-0.1, -0.05) is 6.07 Å². The maximum atomic E-state index is 12.4. The summed E-state index contributed by atoms with van der Waals surface area (Å²) in [5, 5.41) is 0.302. The Labute approximate surface area is 149 Å². The van der Waals surface area contributed by atoms with Gasteiger partial charge in [-0.25, -0.2) is 0 Å². The molecule has 7 nitrogen and oxygen atoms in total. The molecule has 0 saturated carbocycles. The molecule has 0 saturated heterocycles. The number of methoxy groups -OCH3 is 2. The molecule has 0 bridgehead atoms. The van der Waals surface area contributed by atoms with Crippen molar-refractivity contribution in [2.45, 2.75) is 0 Å². The van der Waals surface area contributed by atoms with Crippen LogP contribution in [0, 0.1) is 0 Å². The zero-order chi connectivity index (χ0) is 18.9. The van der Waals surface area contributed by atoms with E-state index in [0.29, 0.717) is 22.4 Å². The van der Waals surface area contributed by atoms with Crippen LogP contribution in [0.5, 0.6) is 17.2 Å². The van der Waals surface area contributed by atoms with E-state index in [1.807, 2.05) is 0 Å². The quantitative estimate of drug-likeness (QED) is 0.632. The minimum absolute atomic E-state index is 0.0536. The summed E-state index contributed by atoms with van der Waals surface area (Å²) in [6, 6.07) is 10.7. The maximum Gasteiger partial charge on any atom is 0.306 e. The average Bonchev–Trinajstić information content (AvgIpc) is 2.59. The van der Waals surface area contributed by atoms with Crippen molar-refractivity contribution in [1.29, 1.82) is 0 Å². The number of hydrogen-bond acceptors (Lipinski definition) is 7. The molecule has 0 spiro atoms. The van der Waals surface area contributed by atoms with Gasteiger partial charge in [-0.3, -0.25) is 4.79 Å². The molecular weight excluding hydrogens is 360 g/mol. The van der Waals surface area contributed by atoms with Gasteiger partial charge >= 0.3 is 10.1 Å². The van der Waals surface area contributed by atoms with E-state index in [-0.39, 0.29) is 22.5 Å². The topological polar surface area (TPSA) is 92.0 Å². The Kier molecular flexibility index (Phi) is 4.60. The lowest BCUT2D eigenvalue weighted by Crippen LogP contribution is -2.06. The summed E-state index contributed by atoms with van der Waals surface area (Å²) in [5.41, 5.74) is 0.441. The van der Waals surface area contributed by atoms with Gasteiger partial charge in [0.25, 0.3) is 0 Å². The Bertz CT molecular complexity index is 1130. The summed E-state index contributed by atoms with van der Waals surface area (Å²) in [6.45, 7) is 0. The van der Waals surface area contributed by atoms with Crippen LogP contribution in [0.1, 0.15) is 0 Å². The summed E-state index contributed by atoms with van der Waals surface area (Å²) in [7, 11) is -0.703. The molecule has 0 aliphatic rings. The predicted molar refractivity (Wildman–Crippen MR) is 96.5 cm³/mol. The highest BCUT2D eigenvalue weighted by molar-refractivity contribution is 7.86. The van der Waals surface area contributed by atoms with Crippen molar-refractivity contribution in [3.8, 4) is 28.6 Å². The van der Waals surface area contributed by atoms with Crippen molar-refractivity contribution in [3.05, 3.63) is 52.7 Å². The Morgan fingerprint density at radius 1 is 1.00 bits per heavy atom. The second kappa shape index (κ2) is 6.72. The molecule has 2 aromatic carbocycles. The number of hydrogen-bond donors (Lipinski definition) is 0. The van der Waals surface area contributed by atoms with E-state index < -0.39 is 10.1 Å². The van der Waals surface area contributed by atoms with Crippen LogP contribution in [0.4, 0.5) is 0 Å². The van der Waals surface area contributed by atoms with E-state index in [9.17, 15) is 13.2 Å². The third-order valence-corrected chi connectivity index (χ3v) is 4.11. The Morgan fingerprint density at radius 2 is 1.77 bits per heavy atom. The van der Waals surface area contributed by atoms with Crippen molar-refractivity contribution in [1.82, 2.24) is 0 Å². The molecule has 0 amide bonds. The normalized spacial score (nSPS) is 11.3. The first-order valence-corrected chi connectivity index (χ1v) is 9.33. The molecule has 1 heterocycles. The van der Waals surface area contributed by atoms with Crippen LogP contribution in [0.15, 0.2) is 51.7 Å². The summed E-state index contributed by atoms with van der Waals surface area (Å²) < 4.78 is 43.9. The second-order valence-corrected chi connectivity index (χ2v) is 7.04. The third-order valence-electron chi connectivity index (χ3n) is 3.62. The average molecular weight is 376 g/mol. The van der Waals surface area contributed by atoms with Crippen LogP contribution in [-0.2, 0) is 10.1 Å². The largest absolute Gasteiger partial charge is 0.493 e. The summed E-state index contributed by atoms with van der Waals surface area (Å²) in [6.07, 6.45) is 0.935. The highest BCUT2D eigenvalue weighted by atomic mass is 32.2. The smallest absolute Gasteiger partial charge is 0.306 e. The lowest BCUT2D eigenvalue weighted by molar-refractivity contribution is 0.355. The van der Waals surface area contributed by atoms with Gasteiger partial charge < -0.3 is 18.1 Å². The molecule has 136 valence electrons. The first kappa shape index (κ1) is 17.8. The van der Waals surface area contributed by atoms with Crippen LogP contribution in [0.25, 0.3) is 22.3 Å². The first-order valence-electron chi connectivity index (χ1n) is 7.51. The van der Waals surface area contributed by atoms with E-state index in [2.05, 4.69) is 0 Å². The van der Waals surface area contributed by atoms with E-state index in [1.54, 1.807) is 18.2 Å². The highest BCUT2D eigenvalue weighted by Crippen LogP contribution is 2.38. The zero-order valence-electron chi connectivity index (χ0n) is 14.3. The fourth-order valence-corrected chi connectivity index (χ4v) is 3.03. The number of benzene rings is 2. The van der Waals surface area contributed by atoms with Crippen LogP contribution >= 0.6 is 0 Å². The van der Waals surface area contributed by atoms with Crippen molar-refractivity contribution in [2.75, 3.05) is 20.5 Å². The molecule has 3 rings (SSSR count). The van der Waals surface area contributed by atoms with Gasteiger partial charge in [-0.2, -0.15) is 8.42 Å². The Balaban J connectivity index is 2.21. The molecule has 1 aromatic heterocycles. The molecule has 0 radical (unpaired) electrons. The van der Waals surface area contributed by atoms with Crippen LogP contribution in [0.3, 0.4) is 0 Å². The highest BCUT2D eigenvalue weighted by Gasteiger charge is 2.16. The molecule has 0 N–H and O–H groups in total. The molecule has 0 aliphatic carbocycles. The monoisotopic (exact) mass is 376 g/mol. The summed E-state index contributed by atoms with van der Waals surface area (Å²) in [5.74, 6) is 1.22. The number of para-hydroxylation sites is 1. The van der Waals surface area contributed by atoms with Crippen molar-refractivity contribution in [2.24, 2.45) is 0 Å². The van der Waals surface area contributed by atoms with Gasteiger partial charge in [-0.05, 0) is 24.3 Å². The predicted octanol–water partition coefficient (Wildman–Crippen LogP) is 2.82. The number of ether oxygens (including phenoxy) is 2. The van der Waals surface area contributed by atoms with E-state index in [0.717, 1.165) is 6.26 Å². The SMILES string of the molecule is COc1cccc(-c2cc(=O)c3ccc(OS(C)(=O)=O)cc3o2)c1OC. The fraction of sp³-hybridized carbons (Fsp3) is 0.167. The van der Waals surface area contributed by atoms with Gasteiger partial charge in [0.2, 0.25) is 0 Å². The minimum Gasteiger partial charge on any atom is -0.493 e. The van der Waals surface area contributed by atoms with Crippen molar-refractivity contribution >= 4 is 21.1 Å². The van der Waals surface area contributed by atoms with Crippen molar-refractivity contribution in [3.63, 3.8) is 0 Å². The summed E-state index contributed by atoms with van der Waals surface area (Å²) in [4.78, 5) is 12.4. The number of fused-ring (bicyclic) bond motifs is 1. The summed E-state index contributed by atoms with van der Waals surface area (Å²) >= 11 is 0. The van der Waals surface area contributed by atoms with Crippen LogP contribution in [-0.4, -0.2) is 28.9 Å². The molecule has 8 heteroatoms. The van der Waals surface area contributed by atoms with Crippen molar-refractivity contribution < 1.29 is 26.5 Å².